The zero-order valence-corrected chi connectivity index (χ0v) is 12.8. The lowest BCUT2D eigenvalue weighted by Gasteiger charge is -2.35. The smallest absolute Gasteiger partial charge is 0.303 e. The molecule has 0 aromatic carbocycles. The highest BCUT2D eigenvalue weighted by molar-refractivity contribution is 7.14. The molecular formula is C15H21NO3S. The van der Waals surface area contributed by atoms with Crippen LogP contribution in [0, 0.1) is 13.8 Å². The first-order valence-corrected chi connectivity index (χ1v) is 7.90. The number of amides is 1. The van der Waals surface area contributed by atoms with Crippen molar-refractivity contribution in [3.05, 3.63) is 21.4 Å². The van der Waals surface area contributed by atoms with Crippen molar-refractivity contribution < 1.29 is 14.7 Å². The number of piperidine rings is 1. The van der Waals surface area contributed by atoms with Gasteiger partial charge >= 0.3 is 5.97 Å². The van der Waals surface area contributed by atoms with Gasteiger partial charge in [0.2, 0.25) is 0 Å². The molecule has 0 radical (unpaired) electrons. The summed E-state index contributed by atoms with van der Waals surface area (Å²) in [5, 5.41) is 8.82. The average molecular weight is 295 g/mol. The van der Waals surface area contributed by atoms with Gasteiger partial charge in [0.1, 0.15) is 0 Å². The number of aliphatic carboxylic acids is 1. The Bertz CT molecular complexity index is 490. The summed E-state index contributed by atoms with van der Waals surface area (Å²) < 4.78 is 0. The summed E-state index contributed by atoms with van der Waals surface area (Å²) >= 11 is 1.54. The van der Waals surface area contributed by atoms with Gasteiger partial charge in [-0.15, -0.1) is 11.3 Å². The van der Waals surface area contributed by atoms with Crippen LogP contribution in [0.25, 0.3) is 0 Å². The van der Waals surface area contributed by atoms with E-state index in [0.29, 0.717) is 6.42 Å². The van der Waals surface area contributed by atoms with Crippen LogP contribution >= 0.6 is 11.3 Å². The molecule has 1 amide bonds. The number of carbonyl (C=O) groups excluding carboxylic acids is 1. The van der Waals surface area contributed by atoms with E-state index in [0.717, 1.165) is 36.2 Å². The van der Waals surface area contributed by atoms with Crippen molar-refractivity contribution >= 4 is 23.2 Å². The zero-order valence-electron chi connectivity index (χ0n) is 12.0. The highest BCUT2D eigenvalue weighted by atomic mass is 32.1. The van der Waals surface area contributed by atoms with E-state index in [1.54, 1.807) is 0 Å². The maximum Gasteiger partial charge on any atom is 0.303 e. The molecule has 5 heteroatoms. The first kappa shape index (κ1) is 15.0. The second-order valence-electron chi connectivity index (χ2n) is 5.43. The van der Waals surface area contributed by atoms with Gasteiger partial charge in [-0.25, -0.2) is 0 Å². The van der Waals surface area contributed by atoms with E-state index in [-0.39, 0.29) is 18.4 Å². The number of carbonyl (C=O) groups is 2. The van der Waals surface area contributed by atoms with Gasteiger partial charge in [0.25, 0.3) is 5.91 Å². The lowest BCUT2D eigenvalue weighted by atomic mass is 9.97. The van der Waals surface area contributed by atoms with Crippen LogP contribution in [0.5, 0.6) is 0 Å². The Morgan fingerprint density at radius 2 is 2.15 bits per heavy atom. The standard InChI is InChI=1S/C15H21NO3S/c1-10-9-13(20-11(10)2)15(19)16-8-4-3-5-12(16)6-7-14(17)18/h9,12H,3-8H2,1-2H3,(H,17,18)/t12-/m1/s1. The van der Waals surface area contributed by atoms with Crippen LogP contribution in [0.15, 0.2) is 6.07 Å². The molecule has 0 unspecified atom stereocenters. The van der Waals surface area contributed by atoms with Crippen molar-refractivity contribution in [2.75, 3.05) is 6.54 Å². The molecule has 4 nitrogen and oxygen atoms in total. The maximum absolute atomic E-state index is 12.6. The molecular weight excluding hydrogens is 274 g/mol. The lowest BCUT2D eigenvalue weighted by molar-refractivity contribution is -0.137. The molecule has 20 heavy (non-hydrogen) atoms. The Morgan fingerprint density at radius 1 is 1.40 bits per heavy atom. The van der Waals surface area contributed by atoms with Crippen molar-refractivity contribution in [1.82, 2.24) is 4.90 Å². The quantitative estimate of drug-likeness (QED) is 0.928. The van der Waals surface area contributed by atoms with Crippen LogP contribution in [0.1, 0.15) is 52.2 Å². The molecule has 0 aliphatic carbocycles. The summed E-state index contributed by atoms with van der Waals surface area (Å²) in [6.07, 6.45) is 3.71. The number of nitrogens with zero attached hydrogens (tertiary/aromatic N) is 1. The summed E-state index contributed by atoms with van der Waals surface area (Å²) in [7, 11) is 0. The molecule has 1 aromatic rings. The largest absolute Gasteiger partial charge is 0.481 e. The number of likely N-dealkylation sites (tertiary alicyclic amines) is 1. The minimum Gasteiger partial charge on any atom is -0.481 e. The minimum atomic E-state index is -0.786. The fraction of sp³-hybridized carbons (Fsp3) is 0.600. The van der Waals surface area contributed by atoms with E-state index in [9.17, 15) is 9.59 Å². The van der Waals surface area contributed by atoms with Gasteiger partial charge in [-0.1, -0.05) is 0 Å². The van der Waals surface area contributed by atoms with Crippen molar-refractivity contribution in [3.63, 3.8) is 0 Å². The van der Waals surface area contributed by atoms with Crippen LogP contribution in [-0.2, 0) is 4.79 Å². The topological polar surface area (TPSA) is 57.6 Å². The van der Waals surface area contributed by atoms with Gasteiger partial charge < -0.3 is 10.0 Å². The van der Waals surface area contributed by atoms with Gasteiger partial charge in [0.15, 0.2) is 0 Å². The second-order valence-corrected chi connectivity index (χ2v) is 6.69. The summed E-state index contributed by atoms with van der Waals surface area (Å²) in [5.41, 5.74) is 1.15. The third-order valence-electron chi connectivity index (χ3n) is 3.96. The molecule has 2 heterocycles. The summed E-state index contributed by atoms with van der Waals surface area (Å²) in [5.74, 6) is -0.716. The van der Waals surface area contributed by atoms with Crippen molar-refractivity contribution in [3.8, 4) is 0 Å². The molecule has 0 bridgehead atoms. The molecule has 1 N–H and O–H groups in total. The minimum absolute atomic E-state index is 0.0706. The van der Waals surface area contributed by atoms with Gasteiger partial charge in [0.05, 0.1) is 4.88 Å². The number of carboxylic acids is 1. The number of aryl methyl sites for hydroxylation is 2. The Morgan fingerprint density at radius 3 is 2.75 bits per heavy atom. The summed E-state index contributed by atoms with van der Waals surface area (Å²) in [4.78, 5) is 27.2. The monoisotopic (exact) mass is 295 g/mol. The Kier molecular flexibility index (Phi) is 4.81. The van der Waals surface area contributed by atoms with Crippen molar-refractivity contribution in [2.24, 2.45) is 0 Å². The number of carboxylic acid groups (broad SMARTS) is 1. The van der Waals surface area contributed by atoms with E-state index in [4.69, 9.17) is 5.11 Å². The molecule has 1 fully saturated rings. The van der Waals surface area contributed by atoms with Gasteiger partial charge in [0, 0.05) is 23.9 Å². The Balaban J connectivity index is 2.10. The Labute approximate surface area is 123 Å². The molecule has 0 spiro atoms. The third-order valence-corrected chi connectivity index (χ3v) is 5.10. The zero-order chi connectivity index (χ0) is 14.7. The number of hydrogen-bond donors (Lipinski definition) is 1. The number of hydrogen-bond acceptors (Lipinski definition) is 3. The number of rotatable bonds is 4. The summed E-state index contributed by atoms with van der Waals surface area (Å²) in [6, 6.07) is 2.03. The first-order valence-electron chi connectivity index (χ1n) is 7.09. The van der Waals surface area contributed by atoms with E-state index < -0.39 is 5.97 Å². The van der Waals surface area contributed by atoms with Crippen LogP contribution < -0.4 is 0 Å². The number of thiophene rings is 1. The van der Waals surface area contributed by atoms with Crippen molar-refractivity contribution in [2.45, 2.75) is 52.0 Å². The molecule has 1 aromatic heterocycles. The first-order chi connectivity index (χ1) is 9.49. The van der Waals surface area contributed by atoms with Crippen LogP contribution in [-0.4, -0.2) is 34.5 Å². The van der Waals surface area contributed by atoms with E-state index in [2.05, 4.69) is 0 Å². The van der Waals surface area contributed by atoms with Gasteiger partial charge in [-0.05, 0) is 51.2 Å². The molecule has 1 aliphatic rings. The maximum atomic E-state index is 12.6. The van der Waals surface area contributed by atoms with E-state index in [1.165, 1.54) is 16.2 Å². The molecule has 2 rings (SSSR count). The third kappa shape index (κ3) is 3.39. The van der Waals surface area contributed by atoms with Crippen LogP contribution in [0.3, 0.4) is 0 Å². The molecule has 1 atom stereocenters. The van der Waals surface area contributed by atoms with Gasteiger partial charge in [-0.2, -0.15) is 0 Å². The van der Waals surface area contributed by atoms with Crippen LogP contribution in [0.4, 0.5) is 0 Å². The highest BCUT2D eigenvalue weighted by Gasteiger charge is 2.28. The molecule has 1 aliphatic heterocycles. The molecule has 0 saturated carbocycles. The SMILES string of the molecule is Cc1cc(C(=O)N2CCCC[C@@H]2CCC(=O)O)sc1C. The van der Waals surface area contributed by atoms with Crippen molar-refractivity contribution in [1.29, 1.82) is 0 Å². The van der Waals surface area contributed by atoms with Gasteiger partial charge in [-0.3, -0.25) is 9.59 Å². The fourth-order valence-electron chi connectivity index (χ4n) is 2.68. The predicted molar refractivity (Wildman–Crippen MR) is 79.3 cm³/mol. The second kappa shape index (κ2) is 6.39. The molecule has 1 saturated heterocycles. The molecule has 110 valence electrons. The van der Waals surface area contributed by atoms with E-state index in [1.807, 2.05) is 24.8 Å². The Hall–Kier alpha value is -1.36. The fourth-order valence-corrected chi connectivity index (χ4v) is 3.67. The van der Waals surface area contributed by atoms with E-state index >= 15 is 0 Å². The summed E-state index contributed by atoms with van der Waals surface area (Å²) in [6.45, 7) is 4.79. The normalized spacial score (nSPS) is 19.1. The van der Waals surface area contributed by atoms with Crippen LogP contribution in [0.2, 0.25) is 0 Å². The average Bonchev–Trinajstić information content (AvgIpc) is 2.76. The highest BCUT2D eigenvalue weighted by Crippen LogP contribution is 2.27. The lowest BCUT2D eigenvalue weighted by Crippen LogP contribution is -2.43. The predicted octanol–water partition coefficient (Wildman–Crippen LogP) is 3.22.